The zero-order valence-corrected chi connectivity index (χ0v) is 13.8. The van der Waals surface area contributed by atoms with Gasteiger partial charge >= 0.3 is 0 Å². The van der Waals surface area contributed by atoms with Crippen molar-refractivity contribution in [3.05, 3.63) is 47.5 Å². The fraction of sp³-hybridized carbons (Fsp3) is 0.500. The Labute approximate surface area is 137 Å². The Hall–Kier alpha value is -2.17. The maximum Gasteiger partial charge on any atom is 0.274 e. The Morgan fingerprint density at radius 2 is 2.30 bits per heavy atom. The van der Waals surface area contributed by atoms with Crippen LogP contribution in [0.5, 0.6) is 0 Å². The van der Waals surface area contributed by atoms with Crippen molar-refractivity contribution < 1.29 is 4.79 Å². The fourth-order valence-corrected chi connectivity index (χ4v) is 3.26. The quantitative estimate of drug-likeness (QED) is 0.941. The summed E-state index contributed by atoms with van der Waals surface area (Å²) in [7, 11) is 0. The zero-order chi connectivity index (χ0) is 16.2. The van der Waals surface area contributed by atoms with Gasteiger partial charge in [0.05, 0.1) is 6.04 Å². The van der Waals surface area contributed by atoms with Crippen LogP contribution in [0.4, 0.5) is 0 Å². The van der Waals surface area contributed by atoms with Gasteiger partial charge in [0.2, 0.25) is 0 Å². The molecule has 1 amide bonds. The molecule has 3 rings (SSSR count). The van der Waals surface area contributed by atoms with E-state index in [1.807, 2.05) is 23.2 Å². The number of hydrogen-bond acceptors (Lipinski definition) is 3. The predicted molar refractivity (Wildman–Crippen MR) is 89.0 cm³/mol. The summed E-state index contributed by atoms with van der Waals surface area (Å²) in [6.07, 6.45) is 7.72. The molecule has 0 saturated carbocycles. The molecule has 1 saturated heterocycles. The molecule has 1 aliphatic heterocycles. The Kier molecular flexibility index (Phi) is 4.74. The lowest BCUT2D eigenvalue weighted by molar-refractivity contribution is 0.0605. The van der Waals surface area contributed by atoms with Gasteiger partial charge < -0.3 is 4.90 Å². The molecular formula is C18H24N4O. The Bertz CT molecular complexity index is 650. The third-order valence-electron chi connectivity index (χ3n) is 4.31. The van der Waals surface area contributed by atoms with E-state index >= 15 is 0 Å². The lowest BCUT2D eigenvalue weighted by atomic mass is 9.96. The topological polar surface area (TPSA) is 61.9 Å². The molecule has 5 heteroatoms. The van der Waals surface area contributed by atoms with Crippen LogP contribution in [0, 0.1) is 5.92 Å². The van der Waals surface area contributed by atoms with Crippen LogP contribution in [-0.4, -0.2) is 32.5 Å². The van der Waals surface area contributed by atoms with Crippen molar-refractivity contribution in [3.8, 4) is 0 Å². The minimum atomic E-state index is 0.0183. The van der Waals surface area contributed by atoms with Crippen LogP contribution in [0.15, 0.2) is 30.6 Å². The average molecular weight is 312 g/mol. The van der Waals surface area contributed by atoms with Crippen LogP contribution in [0.3, 0.4) is 0 Å². The second-order valence-electron chi connectivity index (χ2n) is 6.67. The SMILES string of the molecule is CC(C)Cc1cc(C(=O)N2CCCCC2c2cccnc2)n[nH]1. The van der Waals surface area contributed by atoms with Gasteiger partial charge in [0.25, 0.3) is 5.91 Å². The number of H-pyrrole nitrogens is 1. The molecule has 0 spiro atoms. The van der Waals surface area contributed by atoms with E-state index in [4.69, 9.17) is 0 Å². The second kappa shape index (κ2) is 6.94. The fourth-order valence-electron chi connectivity index (χ4n) is 3.26. The van der Waals surface area contributed by atoms with Crippen LogP contribution in [-0.2, 0) is 6.42 Å². The number of nitrogens with zero attached hydrogens (tertiary/aromatic N) is 3. The lowest BCUT2D eigenvalue weighted by Gasteiger charge is -2.35. The molecule has 2 aromatic rings. The number of aromatic amines is 1. The number of nitrogens with one attached hydrogen (secondary N) is 1. The maximum atomic E-state index is 12.9. The van der Waals surface area contributed by atoms with E-state index in [9.17, 15) is 4.79 Å². The Morgan fingerprint density at radius 3 is 3.04 bits per heavy atom. The van der Waals surface area contributed by atoms with Gasteiger partial charge in [-0.05, 0) is 49.3 Å². The normalized spacial score (nSPS) is 18.4. The van der Waals surface area contributed by atoms with E-state index in [1.165, 1.54) is 0 Å². The first kappa shape index (κ1) is 15.7. The van der Waals surface area contributed by atoms with Crippen molar-refractivity contribution in [2.75, 3.05) is 6.54 Å². The number of pyridine rings is 1. The first-order valence-corrected chi connectivity index (χ1v) is 8.40. The average Bonchev–Trinajstić information content (AvgIpc) is 3.03. The second-order valence-corrected chi connectivity index (χ2v) is 6.67. The van der Waals surface area contributed by atoms with Gasteiger partial charge in [-0.3, -0.25) is 14.9 Å². The third kappa shape index (κ3) is 3.60. The minimum Gasteiger partial charge on any atom is -0.330 e. The van der Waals surface area contributed by atoms with Gasteiger partial charge in [0.15, 0.2) is 0 Å². The summed E-state index contributed by atoms with van der Waals surface area (Å²) in [5.74, 6) is 0.557. The first-order chi connectivity index (χ1) is 11.1. The van der Waals surface area contributed by atoms with Crippen LogP contribution in [0.2, 0.25) is 0 Å². The summed E-state index contributed by atoms with van der Waals surface area (Å²) in [5.41, 5.74) is 2.66. The standard InChI is InChI=1S/C18H24N4O/c1-13(2)10-15-11-16(21-20-15)18(23)22-9-4-3-7-17(22)14-6-5-8-19-12-14/h5-6,8,11-13,17H,3-4,7,9-10H2,1-2H3,(H,20,21). The van der Waals surface area contributed by atoms with Gasteiger partial charge in [-0.1, -0.05) is 19.9 Å². The van der Waals surface area contributed by atoms with E-state index < -0.39 is 0 Å². The van der Waals surface area contributed by atoms with Crippen molar-refractivity contribution in [3.63, 3.8) is 0 Å². The number of aromatic nitrogens is 3. The van der Waals surface area contributed by atoms with Crippen molar-refractivity contribution in [1.82, 2.24) is 20.1 Å². The molecule has 2 aromatic heterocycles. The lowest BCUT2D eigenvalue weighted by Crippen LogP contribution is -2.38. The maximum absolute atomic E-state index is 12.9. The molecule has 1 aliphatic rings. The Balaban J connectivity index is 1.80. The number of carbonyl (C=O) groups excluding carboxylic acids is 1. The summed E-state index contributed by atoms with van der Waals surface area (Å²) in [6.45, 7) is 5.10. The number of hydrogen-bond donors (Lipinski definition) is 1. The molecule has 0 bridgehead atoms. The van der Waals surface area contributed by atoms with Crippen molar-refractivity contribution in [1.29, 1.82) is 0 Å². The molecule has 0 radical (unpaired) electrons. The van der Waals surface area contributed by atoms with Crippen LogP contribution >= 0.6 is 0 Å². The van der Waals surface area contributed by atoms with Crippen molar-refractivity contribution >= 4 is 5.91 Å². The largest absolute Gasteiger partial charge is 0.330 e. The molecule has 1 unspecified atom stereocenters. The summed E-state index contributed by atoms with van der Waals surface area (Å²) in [4.78, 5) is 19.1. The third-order valence-corrected chi connectivity index (χ3v) is 4.31. The Morgan fingerprint density at radius 1 is 1.43 bits per heavy atom. The smallest absolute Gasteiger partial charge is 0.274 e. The van der Waals surface area contributed by atoms with E-state index in [0.717, 1.165) is 43.5 Å². The van der Waals surface area contributed by atoms with Gasteiger partial charge in [0.1, 0.15) is 5.69 Å². The molecule has 5 nitrogen and oxygen atoms in total. The minimum absolute atomic E-state index is 0.0183. The van der Waals surface area contributed by atoms with Crippen LogP contribution < -0.4 is 0 Å². The molecule has 1 fully saturated rings. The van der Waals surface area contributed by atoms with Crippen LogP contribution in [0.1, 0.15) is 60.9 Å². The molecule has 3 heterocycles. The first-order valence-electron chi connectivity index (χ1n) is 8.40. The molecule has 1 atom stereocenters. The van der Waals surface area contributed by atoms with Gasteiger partial charge in [-0.15, -0.1) is 0 Å². The molecule has 1 N–H and O–H groups in total. The monoisotopic (exact) mass is 312 g/mol. The molecular weight excluding hydrogens is 288 g/mol. The van der Waals surface area contributed by atoms with E-state index in [2.05, 4.69) is 35.1 Å². The molecule has 23 heavy (non-hydrogen) atoms. The van der Waals surface area contributed by atoms with Crippen LogP contribution in [0.25, 0.3) is 0 Å². The number of likely N-dealkylation sites (tertiary alicyclic amines) is 1. The van der Waals surface area contributed by atoms with Gasteiger partial charge in [-0.25, -0.2) is 0 Å². The summed E-state index contributed by atoms with van der Waals surface area (Å²) < 4.78 is 0. The van der Waals surface area contributed by atoms with E-state index in [0.29, 0.717) is 11.6 Å². The highest BCUT2D eigenvalue weighted by molar-refractivity contribution is 5.92. The highest BCUT2D eigenvalue weighted by atomic mass is 16.2. The molecule has 0 aliphatic carbocycles. The van der Waals surface area contributed by atoms with Gasteiger partial charge in [0, 0.05) is 24.6 Å². The summed E-state index contributed by atoms with van der Waals surface area (Å²) in [6, 6.07) is 5.99. The molecule has 0 aromatic carbocycles. The zero-order valence-electron chi connectivity index (χ0n) is 13.8. The van der Waals surface area contributed by atoms with Crippen molar-refractivity contribution in [2.45, 2.75) is 45.6 Å². The summed E-state index contributed by atoms with van der Waals surface area (Å²) >= 11 is 0. The highest BCUT2D eigenvalue weighted by Gasteiger charge is 2.30. The highest BCUT2D eigenvalue weighted by Crippen LogP contribution is 2.31. The number of rotatable bonds is 4. The number of carbonyl (C=O) groups is 1. The predicted octanol–water partition coefficient (Wildman–Crippen LogP) is 3.37. The number of amides is 1. The van der Waals surface area contributed by atoms with E-state index in [-0.39, 0.29) is 11.9 Å². The number of piperidine rings is 1. The summed E-state index contributed by atoms with van der Waals surface area (Å²) in [5, 5.41) is 7.24. The molecule has 122 valence electrons. The van der Waals surface area contributed by atoms with Gasteiger partial charge in [-0.2, -0.15) is 5.10 Å². The van der Waals surface area contributed by atoms with E-state index in [1.54, 1.807) is 6.20 Å². The van der Waals surface area contributed by atoms with Crippen molar-refractivity contribution in [2.24, 2.45) is 5.92 Å².